The van der Waals surface area contributed by atoms with Crippen molar-refractivity contribution in [3.8, 4) is 5.69 Å². The van der Waals surface area contributed by atoms with Crippen LogP contribution in [0.15, 0.2) is 28.7 Å². The zero-order valence-corrected chi connectivity index (χ0v) is 11.7. The van der Waals surface area contributed by atoms with Crippen LogP contribution in [0.2, 0.25) is 0 Å². The molecule has 1 heterocycles. The summed E-state index contributed by atoms with van der Waals surface area (Å²) in [5.41, 5.74) is 3.82. The van der Waals surface area contributed by atoms with Gasteiger partial charge in [0.2, 0.25) is 0 Å². The Balaban J connectivity index is 2.65. The van der Waals surface area contributed by atoms with Crippen LogP contribution < -0.4 is 0 Å². The summed E-state index contributed by atoms with van der Waals surface area (Å²) in [6.07, 6.45) is -0.512. The van der Waals surface area contributed by atoms with Crippen LogP contribution in [-0.2, 0) is 0 Å². The van der Waals surface area contributed by atoms with E-state index in [-0.39, 0.29) is 0 Å². The first-order valence-electron chi connectivity index (χ1n) is 5.50. The van der Waals surface area contributed by atoms with Crippen LogP contribution in [0.1, 0.15) is 30.0 Å². The molecule has 0 bridgehead atoms. The number of nitrogens with zero attached hydrogens (tertiary/aromatic N) is 2. The quantitative estimate of drug-likeness (QED) is 0.923. The molecule has 90 valence electrons. The Kier molecular flexibility index (Phi) is 3.35. The van der Waals surface area contributed by atoms with E-state index in [9.17, 15) is 5.11 Å². The van der Waals surface area contributed by atoms with E-state index in [2.05, 4.69) is 21.0 Å². The van der Waals surface area contributed by atoms with Gasteiger partial charge >= 0.3 is 0 Å². The topological polar surface area (TPSA) is 38.0 Å². The summed E-state index contributed by atoms with van der Waals surface area (Å²) in [7, 11) is 0. The Bertz CT molecular complexity index is 546. The lowest BCUT2D eigenvalue weighted by molar-refractivity contribution is 0.199. The summed E-state index contributed by atoms with van der Waals surface area (Å²) in [5.74, 6) is 0. The molecule has 4 heteroatoms. The highest BCUT2D eigenvalue weighted by Crippen LogP contribution is 2.26. The van der Waals surface area contributed by atoms with Crippen LogP contribution in [-0.4, -0.2) is 14.9 Å². The second-order valence-electron chi connectivity index (χ2n) is 4.22. The number of halogens is 1. The highest BCUT2D eigenvalue weighted by atomic mass is 79.9. The zero-order valence-electron chi connectivity index (χ0n) is 10.1. The Hall–Kier alpha value is -1.13. The van der Waals surface area contributed by atoms with Gasteiger partial charge in [-0.1, -0.05) is 22.0 Å². The van der Waals surface area contributed by atoms with Gasteiger partial charge in [-0.15, -0.1) is 0 Å². The predicted octanol–water partition coefficient (Wildman–Crippen LogP) is 3.30. The fraction of sp³-hybridized carbons (Fsp3) is 0.308. The van der Waals surface area contributed by atoms with E-state index in [0.717, 1.165) is 27.1 Å². The van der Waals surface area contributed by atoms with Crippen molar-refractivity contribution in [1.29, 1.82) is 0 Å². The minimum Gasteiger partial charge on any atom is -0.389 e. The molecule has 0 amide bonds. The van der Waals surface area contributed by atoms with Crippen LogP contribution >= 0.6 is 15.9 Å². The molecule has 1 atom stereocenters. The van der Waals surface area contributed by atoms with Crippen molar-refractivity contribution in [2.75, 3.05) is 0 Å². The fourth-order valence-electron chi connectivity index (χ4n) is 1.93. The van der Waals surface area contributed by atoms with E-state index in [0.29, 0.717) is 0 Å². The molecule has 3 nitrogen and oxygen atoms in total. The van der Waals surface area contributed by atoms with Gasteiger partial charge in [0.1, 0.15) is 0 Å². The number of aliphatic hydroxyl groups is 1. The molecule has 2 aromatic rings. The monoisotopic (exact) mass is 294 g/mol. The average Bonchev–Trinajstić information content (AvgIpc) is 2.57. The molecule has 0 saturated carbocycles. The summed E-state index contributed by atoms with van der Waals surface area (Å²) in [4.78, 5) is 0. The van der Waals surface area contributed by atoms with Crippen molar-refractivity contribution in [2.45, 2.75) is 26.9 Å². The van der Waals surface area contributed by atoms with Gasteiger partial charge in [0.05, 0.1) is 17.5 Å². The Morgan fingerprint density at radius 1 is 1.29 bits per heavy atom. The molecule has 0 aliphatic carbocycles. The zero-order chi connectivity index (χ0) is 12.6. The van der Waals surface area contributed by atoms with Crippen LogP contribution in [0.5, 0.6) is 0 Å². The van der Waals surface area contributed by atoms with Crippen molar-refractivity contribution in [3.05, 3.63) is 45.7 Å². The van der Waals surface area contributed by atoms with Crippen molar-refractivity contribution in [1.82, 2.24) is 9.78 Å². The van der Waals surface area contributed by atoms with Gasteiger partial charge in [-0.25, -0.2) is 4.68 Å². The summed E-state index contributed by atoms with van der Waals surface area (Å²) in [6, 6.07) is 7.84. The van der Waals surface area contributed by atoms with E-state index >= 15 is 0 Å². The normalized spacial score (nSPS) is 12.8. The van der Waals surface area contributed by atoms with Crippen molar-refractivity contribution in [3.63, 3.8) is 0 Å². The van der Waals surface area contributed by atoms with Gasteiger partial charge in [0, 0.05) is 15.7 Å². The Morgan fingerprint density at radius 2 is 2.00 bits per heavy atom. The lowest BCUT2D eigenvalue weighted by Gasteiger charge is -2.13. The van der Waals surface area contributed by atoms with Crippen molar-refractivity contribution >= 4 is 15.9 Å². The molecule has 2 rings (SSSR count). The molecule has 1 N–H and O–H groups in total. The highest BCUT2D eigenvalue weighted by molar-refractivity contribution is 9.10. The van der Waals surface area contributed by atoms with Gasteiger partial charge in [0.15, 0.2) is 0 Å². The molecule has 1 aromatic carbocycles. The third-order valence-electron chi connectivity index (χ3n) is 2.68. The molecule has 17 heavy (non-hydrogen) atoms. The van der Waals surface area contributed by atoms with E-state index in [1.807, 2.05) is 42.8 Å². The van der Waals surface area contributed by atoms with Crippen LogP contribution in [0, 0.1) is 13.8 Å². The van der Waals surface area contributed by atoms with E-state index in [4.69, 9.17) is 0 Å². The predicted molar refractivity (Wildman–Crippen MR) is 71.4 cm³/mol. The van der Waals surface area contributed by atoms with Gasteiger partial charge in [0.25, 0.3) is 0 Å². The molecule has 0 radical (unpaired) electrons. The molecular weight excluding hydrogens is 280 g/mol. The van der Waals surface area contributed by atoms with Crippen LogP contribution in [0.4, 0.5) is 0 Å². The maximum Gasteiger partial charge on any atom is 0.0782 e. The summed E-state index contributed by atoms with van der Waals surface area (Å²) in [6.45, 7) is 5.73. The van der Waals surface area contributed by atoms with Crippen LogP contribution in [0.3, 0.4) is 0 Å². The number of rotatable bonds is 2. The molecule has 1 aromatic heterocycles. The molecule has 0 aliphatic rings. The number of benzene rings is 1. The Labute approximate surface area is 109 Å². The summed E-state index contributed by atoms with van der Waals surface area (Å²) >= 11 is 3.45. The molecule has 0 aliphatic heterocycles. The first-order valence-corrected chi connectivity index (χ1v) is 6.29. The van der Waals surface area contributed by atoms with Gasteiger partial charge < -0.3 is 5.11 Å². The Morgan fingerprint density at radius 3 is 2.53 bits per heavy atom. The number of hydrogen-bond acceptors (Lipinski definition) is 2. The fourth-order valence-corrected chi connectivity index (χ4v) is 2.28. The third-order valence-corrected chi connectivity index (χ3v) is 3.17. The van der Waals surface area contributed by atoms with Crippen molar-refractivity contribution < 1.29 is 5.11 Å². The van der Waals surface area contributed by atoms with Gasteiger partial charge in [-0.2, -0.15) is 5.10 Å². The van der Waals surface area contributed by atoms with Crippen molar-refractivity contribution in [2.24, 2.45) is 0 Å². The summed E-state index contributed by atoms with van der Waals surface area (Å²) < 4.78 is 2.84. The first kappa shape index (κ1) is 12.3. The molecule has 0 spiro atoms. The summed E-state index contributed by atoms with van der Waals surface area (Å²) in [5, 5.41) is 14.2. The smallest absolute Gasteiger partial charge is 0.0782 e. The van der Waals surface area contributed by atoms with E-state index in [1.54, 1.807) is 6.92 Å². The number of aliphatic hydroxyl groups excluding tert-OH is 1. The number of aromatic nitrogens is 2. The standard InChI is InChI=1S/C13H15BrN2O/c1-8-6-9(2)16(15-8)13-7-11(14)4-5-12(13)10(3)17/h4-7,10,17H,1-3H3. The second kappa shape index (κ2) is 4.63. The lowest BCUT2D eigenvalue weighted by atomic mass is 10.1. The maximum atomic E-state index is 9.80. The van der Waals surface area contributed by atoms with Gasteiger partial charge in [-0.3, -0.25) is 0 Å². The average molecular weight is 295 g/mol. The first-order chi connectivity index (χ1) is 7.99. The maximum absolute atomic E-state index is 9.80. The highest BCUT2D eigenvalue weighted by Gasteiger charge is 2.12. The van der Waals surface area contributed by atoms with E-state index in [1.165, 1.54) is 0 Å². The van der Waals surface area contributed by atoms with E-state index < -0.39 is 6.10 Å². The molecule has 1 unspecified atom stereocenters. The second-order valence-corrected chi connectivity index (χ2v) is 5.13. The minimum absolute atomic E-state index is 0.512. The molecule has 0 fully saturated rings. The van der Waals surface area contributed by atoms with Gasteiger partial charge in [-0.05, 0) is 39.0 Å². The number of aryl methyl sites for hydroxylation is 2. The number of hydrogen-bond donors (Lipinski definition) is 1. The van der Waals surface area contributed by atoms with Crippen LogP contribution in [0.25, 0.3) is 5.69 Å². The molecule has 0 saturated heterocycles. The lowest BCUT2D eigenvalue weighted by Crippen LogP contribution is -2.05. The largest absolute Gasteiger partial charge is 0.389 e. The third kappa shape index (κ3) is 2.42. The SMILES string of the molecule is Cc1cc(C)n(-c2cc(Br)ccc2C(C)O)n1. The molecular formula is C13H15BrN2O. The minimum atomic E-state index is -0.512.